The van der Waals surface area contributed by atoms with Gasteiger partial charge in [0.25, 0.3) is 0 Å². The average molecular weight is 343 g/mol. The molecule has 1 saturated heterocycles. The fraction of sp³-hybridized carbons (Fsp3) is 0.400. The summed E-state index contributed by atoms with van der Waals surface area (Å²) in [5.41, 5.74) is -1.51. The molecule has 0 bridgehead atoms. The molecule has 1 amide bonds. The Kier molecular flexibility index (Phi) is 4.02. The number of hydrogen-bond donors (Lipinski definition) is 0. The molecule has 1 aromatic heterocycles. The van der Waals surface area contributed by atoms with Gasteiger partial charge in [0.1, 0.15) is 5.82 Å². The van der Waals surface area contributed by atoms with Crippen LogP contribution in [-0.4, -0.2) is 34.0 Å². The van der Waals surface area contributed by atoms with Gasteiger partial charge < -0.3 is 9.42 Å². The summed E-state index contributed by atoms with van der Waals surface area (Å²) >= 11 is 0. The van der Waals surface area contributed by atoms with Gasteiger partial charge >= 0.3 is 6.18 Å². The van der Waals surface area contributed by atoms with E-state index < -0.39 is 23.1 Å². The third-order valence-electron chi connectivity index (χ3n) is 3.95. The maximum Gasteiger partial charge on any atom is 0.417 e. The zero-order valence-electron chi connectivity index (χ0n) is 12.6. The van der Waals surface area contributed by atoms with Crippen LogP contribution >= 0.6 is 0 Å². The second-order valence-corrected chi connectivity index (χ2v) is 5.59. The fourth-order valence-corrected chi connectivity index (χ4v) is 2.71. The summed E-state index contributed by atoms with van der Waals surface area (Å²) in [5.74, 6) is -1.34. The molecule has 1 aromatic carbocycles. The van der Waals surface area contributed by atoms with Gasteiger partial charge in [-0.05, 0) is 24.6 Å². The summed E-state index contributed by atoms with van der Waals surface area (Å²) in [4.78, 5) is 16.9. The normalized spacial score (nSPS) is 18.2. The lowest BCUT2D eigenvalue weighted by Gasteiger charge is -2.11. The van der Waals surface area contributed by atoms with E-state index in [0.717, 1.165) is 12.1 Å². The molecule has 9 heteroatoms. The smallest absolute Gasteiger partial charge is 0.342 e. The number of aromatic nitrogens is 2. The summed E-state index contributed by atoms with van der Waals surface area (Å²) in [6, 6.07) is 2.11. The Morgan fingerprint density at radius 2 is 2.12 bits per heavy atom. The molecule has 0 N–H and O–H groups in total. The van der Waals surface area contributed by atoms with Crippen LogP contribution in [0.15, 0.2) is 22.7 Å². The van der Waals surface area contributed by atoms with Crippen molar-refractivity contribution in [2.75, 3.05) is 13.1 Å². The highest BCUT2D eigenvalue weighted by Crippen LogP contribution is 2.37. The number of carbonyl (C=O) groups is 1. The Morgan fingerprint density at radius 1 is 1.38 bits per heavy atom. The number of carbonyl (C=O) groups excluding carboxylic acids is 1. The van der Waals surface area contributed by atoms with Crippen molar-refractivity contribution in [2.24, 2.45) is 0 Å². The maximum absolute atomic E-state index is 13.4. The number of likely N-dealkylation sites (tertiary alicyclic amines) is 1. The second-order valence-electron chi connectivity index (χ2n) is 5.59. The van der Waals surface area contributed by atoms with Crippen LogP contribution in [0.2, 0.25) is 0 Å². The van der Waals surface area contributed by atoms with Crippen molar-refractivity contribution in [3.63, 3.8) is 0 Å². The standard InChI is InChI=1S/C15H13F4N3O2/c1-8(23)22-5-4-9(7-22)14-20-13(21-24-14)11-6-10(16)2-3-12(11)15(17,18)19/h2-3,6,9H,4-5,7H2,1H3/t9-/m1/s1. The van der Waals surface area contributed by atoms with Gasteiger partial charge in [-0.1, -0.05) is 5.16 Å². The van der Waals surface area contributed by atoms with Gasteiger partial charge in [-0.3, -0.25) is 4.79 Å². The minimum atomic E-state index is -4.66. The number of amides is 1. The van der Waals surface area contributed by atoms with Crippen LogP contribution < -0.4 is 0 Å². The van der Waals surface area contributed by atoms with E-state index in [0.29, 0.717) is 25.6 Å². The van der Waals surface area contributed by atoms with Crippen molar-refractivity contribution in [1.82, 2.24) is 15.0 Å². The first-order chi connectivity index (χ1) is 11.3. The van der Waals surface area contributed by atoms with E-state index in [1.165, 1.54) is 6.92 Å². The summed E-state index contributed by atoms with van der Waals surface area (Å²) in [5, 5.41) is 3.56. The Bertz CT molecular complexity index is 772. The number of halogens is 4. The first kappa shape index (κ1) is 16.4. The highest BCUT2D eigenvalue weighted by molar-refractivity contribution is 5.73. The lowest BCUT2D eigenvalue weighted by atomic mass is 10.1. The molecule has 0 aliphatic carbocycles. The Morgan fingerprint density at radius 3 is 2.75 bits per heavy atom. The van der Waals surface area contributed by atoms with E-state index in [1.807, 2.05) is 0 Å². The van der Waals surface area contributed by atoms with Gasteiger partial charge in [-0.15, -0.1) is 0 Å². The first-order valence-electron chi connectivity index (χ1n) is 7.22. The van der Waals surface area contributed by atoms with E-state index in [2.05, 4.69) is 10.1 Å². The molecule has 0 radical (unpaired) electrons. The molecule has 2 heterocycles. The predicted molar refractivity (Wildman–Crippen MR) is 74.3 cm³/mol. The zero-order chi connectivity index (χ0) is 17.5. The molecule has 1 atom stereocenters. The number of rotatable bonds is 2. The van der Waals surface area contributed by atoms with E-state index in [-0.39, 0.29) is 23.5 Å². The van der Waals surface area contributed by atoms with Crippen molar-refractivity contribution in [1.29, 1.82) is 0 Å². The topological polar surface area (TPSA) is 59.2 Å². The molecule has 24 heavy (non-hydrogen) atoms. The number of benzene rings is 1. The van der Waals surface area contributed by atoms with Crippen molar-refractivity contribution >= 4 is 5.91 Å². The van der Waals surface area contributed by atoms with E-state index in [1.54, 1.807) is 4.90 Å². The van der Waals surface area contributed by atoms with E-state index >= 15 is 0 Å². The largest absolute Gasteiger partial charge is 0.417 e. The molecule has 128 valence electrons. The fourth-order valence-electron chi connectivity index (χ4n) is 2.71. The number of hydrogen-bond acceptors (Lipinski definition) is 4. The molecule has 3 rings (SSSR count). The summed E-state index contributed by atoms with van der Waals surface area (Å²) in [6.07, 6.45) is -4.08. The average Bonchev–Trinajstić information content (AvgIpc) is 3.15. The van der Waals surface area contributed by atoms with E-state index in [9.17, 15) is 22.4 Å². The quantitative estimate of drug-likeness (QED) is 0.786. The predicted octanol–water partition coefficient (Wildman–Crippen LogP) is 3.23. The highest BCUT2D eigenvalue weighted by Gasteiger charge is 2.36. The van der Waals surface area contributed by atoms with Crippen molar-refractivity contribution in [3.05, 3.63) is 35.5 Å². The van der Waals surface area contributed by atoms with Crippen LogP contribution in [0.4, 0.5) is 17.6 Å². The van der Waals surface area contributed by atoms with Crippen LogP contribution in [0.3, 0.4) is 0 Å². The van der Waals surface area contributed by atoms with Crippen LogP contribution in [-0.2, 0) is 11.0 Å². The van der Waals surface area contributed by atoms with Gasteiger partial charge in [-0.2, -0.15) is 18.2 Å². The minimum Gasteiger partial charge on any atom is -0.342 e. The lowest BCUT2D eigenvalue weighted by molar-refractivity contribution is -0.137. The second kappa shape index (κ2) is 5.88. The van der Waals surface area contributed by atoms with Crippen LogP contribution in [0.1, 0.15) is 30.7 Å². The highest BCUT2D eigenvalue weighted by atomic mass is 19.4. The monoisotopic (exact) mass is 343 g/mol. The summed E-state index contributed by atoms with van der Waals surface area (Å²) in [7, 11) is 0. The van der Waals surface area contributed by atoms with Gasteiger partial charge in [0, 0.05) is 25.6 Å². The Hall–Kier alpha value is -2.45. The minimum absolute atomic E-state index is 0.0956. The molecule has 0 unspecified atom stereocenters. The molecule has 0 spiro atoms. The molecule has 1 aliphatic heterocycles. The van der Waals surface area contributed by atoms with Crippen molar-refractivity contribution in [2.45, 2.75) is 25.4 Å². The third-order valence-corrected chi connectivity index (χ3v) is 3.95. The van der Waals surface area contributed by atoms with Gasteiger partial charge in [-0.25, -0.2) is 4.39 Å². The number of alkyl halides is 3. The Labute approximate surface area is 134 Å². The molecule has 0 saturated carbocycles. The molecule has 2 aromatic rings. The van der Waals surface area contributed by atoms with Gasteiger partial charge in [0.05, 0.1) is 11.5 Å². The van der Waals surface area contributed by atoms with E-state index in [4.69, 9.17) is 4.52 Å². The van der Waals surface area contributed by atoms with Crippen molar-refractivity contribution < 1.29 is 26.9 Å². The molecular formula is C15H13F4N3O2. The summed E-state index contributed by atoms with van der Waals surface area (Å²) in [6.45, 7) is 2.32. The van der Waals surface area contributed by atoms with Crippen molar-refractivity contribution in [3.8, 4) is 11.4 Å². The Balaban J connectivity index is 1.92. The zero-order valence-corrected chi connectivity index (χ0v) is 12.6. The molecule has 1 aliphatic rings. The lowest BCUT2D eigenvalue weighted by Crippen LogP contribution is -2.25. The SMILES string of the molecule is CC(=O)N1CC[C@@H](c2nc(-c3cc(F)ccc3C(F)(F)F)no2)C1. The molecule has 1 fully saturated rings. The van der Waals surface area contributed by atoms with Gasteiger partial charge in [0.15, 0.2) is 0 Å². The first-order valence-corrected chi connectivity index (χ1v) is 7.22. The van der Waals surface area contributed by atoms with Crippen LogP contribution in [0.5, 0.6) is 0 Å². The van der Waals surface area contributed by atoms with Crippen LogP contribution in [0, 0.1) is 5.82 Å². The third kappa shape index (κ3) is 3.10. The molecule has 5 nitrogen and oxygen atoms in total. The van der Waals surface area contributed by atoms with Crippen LogP contribution in [0.25, 0.3) is 11.4 Å². The maximum atomic E-state index is 13.4. The van der Waals surface area contributed by atoms with Gasteiger partial charge in [0.2, 0.25) is 17.6 Å². The molecular weight excluding hydrogens is 330 g/mol. The summed E-state index contributed by atoms with van der Waals surface area (Å²) < 4.78 is 57.6. The number of nitrogens with zero attached hydrogens (tertiary/aromatic N) is 3.